The Morgan fingerprint density at radius 1 is 1.00 bits per heavy atom. The largest absolute Gasteiger partial charge is 0.486 e. The van der Waals surface area contributed by atoms with Gasteiger partial charge in [0.25, 0.3) is 0 Å². The third-order valence-electron chi connectivity index (χ3n) is 4.10. The van der Waals surface area contributed by atoms with Crippen molar-refractivity contribution in [1.82, 2.24) is 5.32 Å². The highest BCUT2D eigenvalue weighted by atomic mass is 32.2. The van der Waals surface area contributed by atoms with E-state index in [4.69, 9.17) is 18.9 Å². The van der Waals surface area contributed by atoms with E-state index in [-0.39, 0.29) is 18.0 Å². The van der Waals surface area contributed by atoms with Crippen LogP contribution in [0.15, 0.2) is 41.3 Å². The molecule has 2 heterocycles. The first-order valence-electron chi connectivity index (χ1n) is 8.41. The van der Waals surface area contributed by atoms with Crippen LogP contribution in [0.3, 0.4) is 0 Å². The molecule has 2 aliphatic rings. The predicted molar refractivity (Wildman–Crippen MR) is 97.2 cm³/mol. The molecule has 26 heavy (non-hydrogen) atoms. The first kappa shape index (κ1) is 16.9. The molecule has 4 rings (SSSR count). The third-order valence-corrected chi connectivity index (χ3v) is 5.19. The number of nitrogens with one attached hydrogen (secondary N) is 1. The van der Waals surface area contributed by atoms with E-state index in [0.717, 1.165) is 33.5 Å². The van der Waals surface area contributed by atoms with Crippen molar-refractivity contribution in [2.45, 2.75) is 23.6 Å². The van der Waals surface area contributed by atoms with E-state index in [1.54, 1.807) is 0 Å². The van der Waals surface area contributed by atoms with Gasteiger partial charge in [-0.15, -0.1) is 11.8 Å². The van der Waals surface area contributed by atoms with Gasteiger partial charge in [-0.25, -0.2) is 0 Å². The minimum Gasteiger partial charge on any atom is -0.486 e. The van der Waals surface area contributed by atoms with Crippen molar-refractivity contribution in [2.75, 3.05) is 20.0 Å². The molecular formula is C19H19NO5S. The predicted octanol–water partition coefficient (Wildman–Crippen LogP) is 2.98. The number of carbonyl (C=O) groups is 1. The summed E-state index contributed by atoms with van der Waals surface area (Å²) in [5.41, 5.74) is 0.971. The van der Waals surface area contributed by atoms with Crippen LogP contribution in [0, 0.1) is 0 Å². The quantitative estimate of drug-likeness (QED) is 0.813. The lowest BCUT2D eigenvalue weighted by molar-refractivity contribution is -0.120. The van der Waals surface area contributed by atoms with Gasteiger partial charge in [-0.2, -0.15) is 0 Å². The van der Waals surface area contributed by atoms with Crippen molar-refractivity contribution in [2.24, 2.45) is 0 Å². The molecule has 0 saturated carbocycles. The van der Waals surface area contributed by atoms with Gasteiger partial charge in [0.1, 0.15) is 13.2 Å². The van der Waals surface area contributed by atoms with Crippen LogP contribution in [0.25, 0.3) is 0 Å². The van der Waals surface area contributed by atoms with Crippen LogP contribution in [0.1, 0.15) is 12.5 Å². The smallest absolute Gasteiger partial charge is 0.233 e. The monoisotopic (exact) mass is 373 g/mol. The van der Waals surface area contributed by atoms with E-state index in [9.17, 15) is 4.79 Å². The summed E-state index contributed by atoms with van der Waals surface area (Å²) in [6.07, 6.45) is 0. The molecule has 0 bridgehead atoms. The molecule has 0 fully saturated rings. The van der Waals surface area contributed by atoms with Crippen LogP contribution in [0.2, 0.25) is 0 Å². The van der Waals surface area contributed by atoms with Crippen molar-refractivity contribution in [1.29, 1.82) is 0 Å². The lowest BCUT2D eigenvalue weighted by Crippen LogP contribution is -2.30. The summed E-state index contributed by atoms with van der Waals surface area (Å²) in [7, 11) is 0. The lowest BCUT2D eigenvalue weighted by atomic mass is 10.2. The van der Waals surface area contributed by atoms with Crippen molar-refractivity contribution in [3.8, 4) is 23.0 Å². The number of amides is 1. The number of fused-ring (bicyclic) bond motifs is 2. The van der Waals surface area contributed by atoms with Gasteiger partial charge < -0.3 is 24.3 Å². The average Bonchev–Trinajstić information content (AvgIpc) is 3.13. The van der Waals surface area contributed by atoms with Gasteiger partial charge >= 0.3 is 0 Å². The number of thioether (sulfide) groups is 1. The normalized spacial score (nSPS) is 15.4. The maximum Gasteiger partial charge on any atom is 0.233 e. The summed E-state index contributed by atoms with van der Waals surface area (Å²) >= 11 is 1.49. The van der Waals surface area contributed by atoms with Crippen molar-refractivity contribution >= 4 is 17.7 Å². The summed E-state index contributed by atoms with van der Waals surface area (Å²) < 4.78 is 21.8. The Morgan fingerprint density at radius 2 is 1.69 bits per heavy atom. The molecule has 1 atom stereocenters. The molecule has 0 aliphatic carbocycles. The highest BCUT2D eigenvalue weighted by Crippen LogP contribution is 2.35. The second-order valence-electron chi connectivity index (χ2n) is 5.97. The zero-order chi connectivity index (χ0) is 17.9. The molecule has 1 amide bonds. The highest BCUT2D eigenvalue weighted by Gasteiger charge is 2.18. The summed E-state index contributed by atoms with van der Waals surface area (Å²) in [4.78, 5) is 13.4. The zero-order valence-electron chi connectivity index (χ0n) is 14.3. The Balaban J connectivity index is 1.33. The topological polar surface area (TPSA) is 66.0 Å². The van der Waals surface area contributed by atoms with Gasteiger partial charge in [-0.1, -0.05) is 6.07 Å². The van der Waals surface area contributed by atoms with Crippen LogP contribution < -0.4 is 24.3 Å². The number of carbonyl (C=O) groups excluding carboxylic acids is 1. The van der Waals surface area contributed by atoms with E-state index >= 15 is 0 Å². The summed E-state index contributed by atoms with van der Waals surface area (Å²) in [6.45, 7) is 3.69. The molecule has 0 aromatic heterocycles. The zero-order valence-corrected chi connectivity index (χ0v) is 15.1. The Labute approximate surface area is 155 Å². The average molecular weight is 373 g/mol. The molecule has 2 aliphatic heterocycles. The maximum absolute atomic E-state index is 12.4. The number of rotatable bonds is 5. The first-order valence-corrected chi connectivity index (χ1v) is 9.29. The van der Waals surface area contributed by atoms with Gasteiger partial charge in [0.15, 0.2) is 23.0 Å². The van der Waals surface area contributed by atoms with Gasteiger partial charge in [0.2, 0.25) is 12.7 Å². The molecule has 2 aromatic rings. The number of hydrogen-bond acceptors (Lipinski definition) is 6. The Kier molecular flexibility index (Phi) is 4.79. The molecule has 0 saturated heterocycles. The highest BCUT2D eigenvalue weighted by molar-refractivity contribution is 8.00. The molecule has 136 valence electrons. The Bertz CT molecular complexity index is 826. The molecule has 7 heteroatoms. The van der Waals surface area contributed by atoms with Gasteiger partial charge in [0.05, 0.1) is 5.25 Å². The number of benzene rings is 2. The number of hydrogen-bond donors (Lipinski definition) is 1. The molecule has 0 spiro atoms. The van der Waals surface area contributed by atoms with Crippen LogP contribution in [0.4, 0.5) is 0 Å². The van der Waals surface area contributed by atoms with Crippen LogP contribution in [0.5, 0.6) is 23.0 Å². The third kappa shape index (κ3) is 3.67. The molecule has 2 aromatic carbocycles. The van der Waals surface area contributed by atoms with Gasteiger partial charge in [0, 0.05) is 11.4 Å². The van der Waals surface area contributed by atoms with Crippen molar-refractivity contribution in [3.05, 3.63) is 42.0 Å². The summed E-state index contributed by atoms with van der Waals surface area (Å²) in [5.74, 6) is 2.91. The minimum absolute atomic E-state index is 0.0254. The molecule has 1 N–H and O–H groups in total. The second-order valence-corrected chi connectivity index (χ2v) is 7.39. The fourth-order valence-corrected chi connectivity index (χ4v) is 3.66. The minimum atomic E-state index is -0.230. The standard InChI is InChI=1S/C19H19NO5S/c1-12(26-14-3-5-15-18(9-14)23-7-6-22-15)19(21)20-10-13-2-4-16-17(8-13)25-11-24-16/h2-5,8-9,12H,6-7,10-11H2,1H3,(H,20,21). The van der Waals surface area contributed by atoms with Crippen LogP contribution in [-0.2, 0) is 11.3 Å². The first-order chi connectivity index (χ1) is 12.7. The molecule has 6 nitrogen and oxygen atoms in total. The second kappa shape index (κ2) is 7.37. The SMILES string of the molecule is CC(Sc1ccc2c(c1)OCCO2)C(=O)NCc1ccc2c(c1)OCO2. The van der Waals surface area contributed by atoms with E-state index in [0.29, 0.717) is 19.8 Å². The van der Waals surface area contributed by atoms with E-state index in [1.165, 1.54) is 11.8 Å². The molecule has 0 radical (unpaired) electrons. The summed E-state index contributed by atoms with van der Waals surface area (Å²) in [5, 5.41) is 2.73. The fraction of sp³-hybridized carbons (Fsp3) is 0.316. The number of ether oxygens (including phenoxy) is 4. The van der Waals surface area contributed by atoms with Crippen molar-refractivity contribution in [3.63, 3.8) is 0 Å². The molecular weight excluding hydrogens is 354 g/mol. The Morgan fingerprint density at radius 3 is 2.58 bits per heavy atom. The van der Waals surface area contributed by atoms with Gasteiger partial charge in [-0.05, 0) is 42.8 Å². The van der Waals surface area contributed by atoms with E-state index in [2.05, 4.69) is 5.32 Å². The van der Waals surface area contributed by atoms with Crippen LogP contribution >= 0.6 is 11.8 Å². The molecule has 1 unspecified atom stereocenters. The fourth-order valence-electron chi connectivity index (χ4n) is 2.74. The van der Waals surface area contributed by atoms with E-state index in [1.807, 2.05) is 43.3 Å². The maximum atomic E-state index is 12.4. The van der Waals surface area contributed by atoms with Crippen LogP contribution in [-0.4, -0.2) is 31.2 Å². The Hall–Kier alpha value is -2.54. The summed E-state index contributed by atoms with van der Waals surface area (Å²) in [6, 6.07) is 11.4. The van der Waals surface area contributed by atoms with Gasteiger partial charge in [-0.3, -0.25) is 4.79 Å². The lowest BCUT2D eigenvalue weighted by Gasteiger charge is -2.19. The van der Waals surface area contributed by atoms with Crippen molar-refractivity contribution < 1.29 is 23.7 Å². The van der Waals surface area contributed by atoms with E-state index < -0.39 is 0 Å².